The van der Waals surface area contributed by atoms with E-state index in [-0.39, 0.29) is 0 Å². The molecular weight excluding hydrogens is 226 g/mol. The number of aromatic amines is 1. The number of hydrogen-bond acceptors (Lipinski definition) is 4. The number of nitrogens with zero attached hydrogens (tertiary/aromatic N) is 2. The van der Waals surface area contributed by atoms with Gasteiger partial charge in [0.15, 0.2) is 0 Å². The summed E-state index contributed by atoms with van der Waals surface area (Å²) >= 11 is 0. The maximum atomic E-state index is 11.5. The second-order valence-electron chi connectivity index (χ2n) is 3.58. The maximum absolute atomic E-state index is 11.5. The Bertz CT molecular complexity index is 614. The van der Waals surface area contributed by atoms with E-state index in [0.717, 1.165) is 10.3 Å². The molecule has 2 aromatic rings. The lowest BCUT2D eigenvalue weighted by Gasteiger charge is -1.99. The van der Waals surface area contributed by atoms with Crippen LogP contribution in [-0.4, -0.2) is 32.7 Å². The molecule has 7 nitrogen and oxygen atoms in total. The normalized spacial score (nSPS) is 10.9. The third-order valence-corrected chi connectivity index (χ3v) is 2.24. The number of fused-ring (bicyclic) bond motifs is 1. The van der Waals surface area contributed by atoms with Gasteiger partial charge in [0.2, 0.25) is 0 Å². The predicted octanol–water partition coefficient (Wildman–Crippen LogP) is -0.0444. The van der Waals surface area contributed by atoms with Crippen molar-refractivity contribution in [3.05, 3.63) is 28.4 Å². The highest BCUT2D eigenvalue weighted by Crippen LogP contribution is 2.11. The smallest absolute Gasteiger partial charge is 0.350 e. The van der Waals surface area contributed by atoms with Gasteiger partial charge in [-0.3, -0.25) is 9.36 Å². The van der Waals surface area contributed by atoms with Crippen LogP contribution in [0.5, 0.6) is 0 Å². The van der Waals surface area contributed by atoms with Gasteiger partial charge in [-0.1, -0.05) is 0 Å². The summed E-state index contributed by atoms with van der Waals surface area (Å²) in [4.78, 5) is 28.7. The number of carboxylic acids is 1. The molecule has 2 heterocycles. The number of H-pyrrole nitrogens is 1. The summed E-state index contributed by atoms with van der Waals surface area (Å²) in [6.45, 7) is -0.0178. The fourth-order valence-electron chi connectivity index (χ4n) is 1.58. The van der Waals surface area contributed by atoms with Crippen LogP contribution in [0, 0.1) is 0 Å². The first kappa shape index (κ1) is 11.3. The molecular formula is C10H11N3O4. The van der Waals surface area contributed by atoms with E-state index in [1.165, 1.54) is 6.20 Å². The topological polar surface area (TPSA) is 97.2 Å². The van der Waals surface area contributed by atoms with Gasteiger partial charge in [-0.05, 0) is 6.07 Å². The van der Waals surface area contributed by atoms with Gasteiger partial charge in [0.1, 0.15) is 12.2 Å². The minimum absolute atomic E-state index is 0.378. The number of hydrogen-bond donors (Lipinski definition) is 2. The molecule has 7 heteroatoms. The predicted molar refractivity (Wildman–Crippen MR) is 58.7 cm³/mol. The quantitative estimate of drug-likeness (QED) is 0.777. The first-order valence-corrected chi connectivity index (χ1v) is 4.90. The van der Waals surface area contributed by atoms with Gasteiger partial charge in [0, 0.05) is 24.4 Å². The standard InChI is InChI=1S/C10H11N3O4/c1-17-5-7-2-6-3-13(4-8(14)15)10(16)12-9(6)11-7/h2-3H,4-5H2,1H3,(H,14,15)(H,11,12,16). The van der Waals surface area contributed by atoms with Crippen molar-refractivity contribution in [2.75, 3.05) is 7.11 Å². The van der Waals surface area contributed by atoms with Crippen molar-refractivity contribution < 1.29 is 14.6 Å². The van der Waals surface area contributed by atoms with E-state index in [0.29, 0.717) is 17.6 Å². The molecule has 0 aliphatic rings. The van der Waals surface area contributed by atoms with Crippen LogP contribution in [0.1, 0.15) is 5.69 Å². The van der Waals surface area contributed by atoms with Crippen molar-refractivity contribution in [2.24, 2.45) is 0 Å². The number of aliphatic carboxylic acids is 1. The van der Waals surface area contributed by atoms with Crippen LogP contribution in [-0.2, 0) is 22.7 Å². The minimum atomic E-state index is -1.08. The molecule has 2 N–H and O–H groups in total. The summed E-state index contributed by atoms with van der Waals surface area (Å²) in [5, 5.41) is 9.32. The van der Waals surface area contributed by atoms with Crippen molar-refractivity contribution in [1.29, 1.82) is 0 Å². The second kappa shape index (κ2) is 4.38. The molecule has 0 aliphatic carbocycles. The highest BCUT2D eigenvalue weighted by molar-refractivity contribution is 5.75. The van der Waals surface area contributed by atoms with E-state index in [2.05, 4.69) is 9.97 Å². The largest absolute Gasteiger partial charge is 0.480 e. The van der Waals surface area contributed by atoms with E-state index in [4.69, 9.17) is 9.84 Å². The summed E-state index contributed by atoms with van der Waals surface area (Å²) in [5.74, 6) is -1.08. The van der Waals surface area contributed by atoms with Crippen molar-refractivity contribution in [2.45, 2.75) is 13.2 Å². The maximum Gasteiger partial charge on any atom is 0.350 e. The van der Waals surface area contributed by atoms with Crippen LogP contribution in [0.3, 0.4) is 0 Å². The van der Waals surface area contributed by atoms with Gasteiger partial charge in [0.25, 0.3) is 0 Å². The van der Waals surface area contributed by atoms with Gasteiger partial charge in [-0.2, -0.15) is 4.98 Å². The average Bonchev–Trinajstić information content (AvgIpc) is 2.60. The van der Waals surface area contributed by atoms with Crippen LogP contribution < -0.4 is 5.69 Å². The molecule has 0 saturated heterocycles. The zero-order chi connectivity index (χ0) is 12.4. The molecule has 0 saturated carbocycles. The SMILES string of the molecule is COCc1cc2cn(CC(=O)O)c(=O)nc2[nH]1. The van der Waals surface area contributed by atoms with Crippen LogP contribution in [0.2, 0.25) is 0 Å². The number of rotatable bonds is 4. The molecule has 0 fully saturated rings. The van der Waals surface area contributed by atoms with Gasteiger partial charge in [-0.25, -0.2) is 4.79 Å². The van der Waals surface area contributed by atoms with Crippen molar-refractivity contribution in [3.63, 3.8) is 0 Å². The number of aromatic nitrogens is 3. The van der Waals surface area contributed by atoms with E-state index >= 15 is 0 Å². The molecule has 0 atom stereocenters. The van der Waals surface area contributed by atoms with E-state index in [1.54, 1.807) is 13.2 Å². The molecule has 0 unspecified atom stereocenters. The first-order valence-electron chi connectivity index (χ1n) is 4.90. The van der Waals surface area contributed by atoms with Crippen LogP contribution >= 0.6 is 0 Å². The van der Waals surface area contributed by atoms with Crippen molar-refractivity contribution in [1.82, 2.24) is 14.5 Å². The summed E-state index contributed by atoms with van der Waals surface area (Å²) in [6, 6.07) is 1.77. The van der Waals surface area contributed by atoms with Crippen molar-refractivity contribution in [3.8, 4) is 0 Å². The van der Waals surface area contributed by atoms with Gasteiger partial charge >= 0.3 is 11.7 Å². The van der Waals surface area contributed by atoms with E-state index < -0.39 is 18.2 Å². The third kappa shape index (κ3) is 2.34. The molecule has 0 bridgehead atoms. The number of ether oxygens (including phenoxy) is 1. The van der Waals surface area contributed by atoms with Crippen LogP contribution in [0.15, 0.2) is 17.1 Å². The Morgan fingerprint density at radius 3 is 3.06 bits per heavy atom. The highest BCUT2D eigenvalue weighted by atomic mass is 16.5. The molecule has 0 amide bonds. The lowest BCUT2D eigenvalue weighted by atomic mass is 10.3. The third-order valence-electron chi connectivity index (χ3n) is 2.24. The first-order chi connectivity index (χ1) is 8.10. The fourth-order valence-corrected chi connectivity index (χ4v) is 1.58. The van der Waals surface area contributed by atoms with E-state index in [9.17, 15) is 9.59 Å². The second-order valence-corrected chi connectivity index (χ2v) is 3.58. The Balaban J connectivity index is 2.48. The monoisotopic (exact) mass is 237 g/mol. The van der Waals surface area contributed by atoms with E-state index in [1.807, 2.05) is 0 Å². The number of methoxy groups -OCH3 is 1. The average molecular weight is 237 g/mol. The van der Waals surface area contributed by atoms with Gasteiger partial charge < -0.3 is 14.8 Å². The number of carboxylic acid groups (broad SMARTS) is 1. The fraction of sp³-hybridized carbons (Fsp3) is 0.300. The van der Waals surface area contributed by atoms with Crippen molar-refractivity contribution >= 4 is 17.0 Å². The van der Waals surface area contributed by atoms with Gasteiger partial charge in [-0.15, -0.1) is 0 Å². The zero-order valence-electron chi connectivity index (χ0n) is 9.14. The molecule has 17 heavy (non-hydrogen) atoms. The number of carbonyl (C=O) groups is 1. The van der Waals surface area contributed by atoms with Crippen LogP contribution in [0.25, 0.3) is 11.0 Å². The Morgan fingerprint density at radius 1 is 1.65 bits per heavy atom. The lowest BCUT2D eigenvalue weighted by molar-refractivity contribution is -0.137. The van der Waals surface area contributed by atoms with Crippen LogP contribution in [0.4, 0.5) is 0 Å². The molecule has 90 valence electrons. The summed E-state index contributed by atoms with van der Waals surface area (Å²) in [6.07, 6.45) is 1.47. The Labute approximate surface area is 95.7 Å². The summed E-state index contributed by atoms with van der Waals surface area (Å²) in [5.41, 5.74) is 0.622. The lowest BCUT2D eigenvalue weighted by Crippen LogP contribution is -2.25. The summed E-state index contributed by atoms with van der Waals surface area (Å²) < 4.78 is 6.00. The molecule has 0 aromatic carbocycles. The molecule has 0 radical (unpaired) electrons. The molecule has 2 rings (SSSR count). The summed E-state index contributed by atoms with van der Waals surface area (Å²) in [7, 11) is 1.56. The Morgan fingerprint density at radius 2 is 2.41 bits per heavy atom. The van der Waals surface area contributed by atoms with Gasteiger partial charge in [0.05, 0.1) is 6.61 Å². The number of nitrogens with one attached hydrogen (secondary N) is 1. The molecule has 0 spiro atoms. The Hall–Kier alpha value is -2.15. The Kier molecular flexibility index (Phi) is 2.92. The molecule has 2 aromatic heterocycles. The minimum Gasteiger partial charge on any atom is -0.480 e. The highest BCUT2D eigenvalue weighted by Gasteiger charge is 2.07. The zero-order valence-corrected chi connectivity index (χ0v) is 9.14. The molecule has 0 aliphatic heterocycles.